The third-order valence-electron chi connectivity index (χ3n) is 5.59. The summed E-state index contributed by atoms with van der Waals surface area (Å²) in [6.45, 7) is 1.66. The summed E-state index contributed by atoms with van der Waals surface area (Å²) in [6, 6.07) is 7.81. The fourth-order valence-electron chi connectivity index (χ4n) is 4.15. The van der Waals surface area contributed by atoms with Crippen molar-refractivity contribution < 1.29 is 14.0 Å². The Balaban J connectivity index is 1.47. The lowest BCUT2D eigenvalue weighted by molar-refractivity contribution is -0.150. The summed E-state index contributed by atoms with van der Waals surface area (Å²) in [6.07, 6.45) is 4.66. The van der Waals surface area contributed by atoms with Gasteiger partial charge in [0.2, 0.25) is 11.6 Å². The number of amides is 2. The SMILES string of the molecule is O=C(Cc1c[nH]c2ccccc12)N1CCCC(F)(C(=O)N2CCCC2)C1. The number of nitrogens with zero attached hydrogens (tertiary/aromatic N) is 2. The summed E-state index contributed by atoms with van der Waals surface area (Å²) in [5.74, 6) is -0.551. The van der Waals surface area contributed by atoms with E-state index in [2.05, 4.69) is 4.98 Å². The Labute approximate surface area is 152 Å². The standard InChI is InChI=1S/C20H24FN3O2/c21-20(19(26)23-9-3-4-10-23)8-5-11-24(14-20)18(25)12-15-13-22-17-7-2-1-6-16(15)17/h1-2,6-7,13,22H,3-5,8-12,14H2. The van der Waals surface area contributed by atoms with Gasteiger partial charge in [-0.1, -0.05) is 18.2 Å². The van der Waals surface area contributed by atoms with Crippen LogP contribution in [0.5, 0.6) is 0 Å². The minimum atomic E-state index is -1.93. The molecule has 1 aromatic heterocycles. The van der Waals surface area contributed by atoms with Gasteiger partial charge in [-0.2, -0.15) is 0 Å². The summed E-state index contributed by atoms with van der Waals surface area (Å²) in [5, 5.41) is 1.01. The van der Waals surface area contributed by atoms with Gasteiger partial charge in [-0.05, 0) is 37.3 Å². The van der Waals surface area contributed by atoms with Gasteiger partial charge in [0.25, 0.3) is 5.91 Å². The van der Waals surface area contributed by atoms with E-state index >= 15 is 4.39 Å². The van der Waals surface area contributed by atoms with Crippen LogP contribution in [0, 0.1) is 0 Å². The highest BCUT2D eigenvalue weighted by molar-refractivity contribution is 5.90. The molecule has 0 radical (unpaired) electrons. The molecule has 6 heteroatoms. The highest BCUT2D eigenvalue weighted by Gasteiger charge is 2.46. The topological polar surface area (TPSA) is 56.4 Å². The number of fused-ring (bicyclic) bond motifs is 1. The summed E-state index contributed by atoms with van der Waals surface area (Å²) in [4.78, 5) is 31.7. The molecule has 5 nitrogen and oxygen atoms in total. The highest BCUT2D eigenvalue weighted by atomic mass is 19.1. The predicted molar refractivity (Wildman–Crippen MR) is 97.5 cm³/mol. The van der Waals surface area contributed by atoms with E-state index < -0.39 is 11.6 Å². The molecular formula is C20H24FN3O2. The molecule has 2 aliphatic heterocycles. The summed E-state index contributed by atoms with van der Waals surface area (Å²) < 4.78 is 15.4. The first-order valence-corrected chi connectivity index (χ1v) is 9.38. The van der Waals surface area contributed by atoms with Gasteiger partial charge in [0.15, 0.2) is 0 Å². The first-order chi connectivity index (χ1) is 12.6. The van der Waals surface area contributed by atoms with Gasteiger partial charge in [0.05, 0.1) is 13.0 Å². The summed E-state index contributed by atoms with van der Waals surface area (Å²) in [7, 11) is 0. The first-order valence-electron chi connectivity index (χ1n) is 9.38. The zero-order valence-corrected chi connectivity index (χ0v) is 14.8. The van der Waals surface area contributed by atoms with E-state index in [1.807, 2.05) is 30.5 Å². The number of piperidine rings is 1. The zero-order chi connectivity index (χ0) is 18.1. The third-order valence-corrected chi connectivity index (χ3v) is 5.59. The van der Waals surface area contributed by atoms with Crippen molar-refractivity contribution in [2.45, 2.75) is 37.8 Å². The number of hydrogen-bond acceptors (Lipinski definition) is 2. The van der Waals surface area contributed by atoms with Crippen LogP contribution in [0.1, 0.15) is 31.2 Å². The molecule has 2 fully saturated rings. The number of nitrogens with one attached hydrogen (secondary N) is 1. The fourth-order valence-corrected chi connectivity index (χ4v) is 4.15. The van der Waals surface area contributed by atoms with Crippen molar-refractivity contribution in [3.8, 4) is 0 Å². The summed E-state index contributed by atoms with van der Waals surface area (Å²) >= 11 is 0. The molecule has 26 heavy (non-hydrogen) atoms. The van der Waals surface area contributed by atoms with Crippen molar-refractivity contribution in [3.63, 3.8) is 0 Å². The first kappa shape index (κ1) is 17.1. The molecule has 1 aromatic carbocycles. The fraction of sp³-hybridized carbons (Fsp3) is 0.500. The number of para-hydroxylation sites is 1. The number of likely N-dealkylation sites (tertiary alicyclic amines) is 2. The van der Waals surface area contributed by atoms with Crippen LogP contribution >= 0.6 is 0 Å². The lowest BCUT2D eigenvalue weighted by Crippen LogP contribution is -2.56. The molecule has 0 bridgehead atoms. The van der Waals surface area contributed by atoms with E-state index in [1.165, 1.54) is 4.90 Å². The van der Waals surface area contributed by atoms with Gasteiger partial charge in [-0.15, -0.1) is 0 Å². The number of aromatic amines is 1. The van der Waals surface area contributed by atoms with Crippen molar-refractivity contribution in [2.75, 3.05) is 26.2 Å². The van der Waals surface area contributed by atoms with Crippen LogP contribution < -0.4 is 0 Å². The smallest absolute Gasteiger partial charge is 0.262 e. The molecule has 2 saturated heterocycles. The Bertz CT molecular complexity index is 827. The van der Waals surface area contributed by atoms with Crippen molar-refractivity contribution in [1.82, 2.24) is 14.8 Å². The lowest BCUT2D eigenvalue weighted by Gasteiger charge is -2.38. The highest BCUT2D eigenvalue weighted by Crippen LogP contribution is 2.30. The minimum absolute atomic E-state index is 0.120. The number of H-pyrrole nitrogens is 1. The Hall–Kier alpha value is -2.37. The van der Waals surface area contributed by atoms with E-state index in [4.69, 9.17) is 0 Å². The van der Waals surface area contributed by atoms with Crippen LogP contribution in [0.3, 0.4) is 0 Å². The lowest BCUT2D eigenvalue weighted by atomic mass is 9.92. The van der Waals surface area contributed by atoms with E-state index in [9.17, 15) is 9.59 Å². The summed E-state index contributed by atoms with van der Waals surface area (Å²) in [5.41, 5.74) is -0.0390. The Kier molecular flexibility index (Phi) is 4.42. The van der Waals surface area contributed by atoms with Crippen molar-refractivity contribution in [1.29, 1.82) is 0 Å². The number of carbonyl (C=O) groups excluding carboxylic acids is 2. The maximum Gasteiger partial charge on any atom is 0.262 e. The predicted octanol–water partition coefficient (Wildman–Crippen LogP) is 2.66. The maximum atomic E-state index is 15.4. The van der Waals surface area contributed by atoms with Crippen LogP contribution in [0.15, 0.2) is 30.5 Å². The Morgan fingerprint density at radius 1 is 1.08 bits per heavy atom. The molecule has 0 aliphatic carbocycles. The molecule has 3 heterocycles. The molecular weight excluding hydrogens is 333 g/mol. The van der Waals surface area contributed by atoms with Crippen LogP contribution in [-0.4, -0.2) is 58.4 Å². The number of aromatic nitrogens is 1. The van der Waals surface area contributed by atoms with Gasteiger partial charge < -0.3 is 14.8 Å². The second kappa shape index (κ2) is 6.74. The van der Waals surface area contributed by atoms with E-state index in [0.717, 1.165) is 29.3 Å². The monoisotopic (exact) mass is 357 g/mol. The van der Waals surface area contributed by atoms with Crippen LogP contribution in [-0.2, 0) is 16.0 Å². The van der Waals surface area contributed by atoms with Crippen molar-refractivity contribution >= 4 is 22.7 Å². The van der Waals surface area contributed by atoms with Crippen molar-refractivity contribution in [3.05, 3.63) is 36.0 Å². The number of alkyl halides is 1. The van der Waals surface area contributed by atoms with Gasteiger partial charge in [-0.3, -0.25) is 9.59 Å². The van der Waals surface area contributed by atoms with Crippen molar-refractivity contribution in [2.24, 2.45) is 0 Å². The van der Waals surface area contributed by atoms with E-state index in [0.29, 0.717) is 26.1 Å². The van der Waals surface area contributed by atoms with Crippen LogP contribution in [0.4, 0.5) is 4.39 Å². The van der Waals surface area contributed by atoms with Crippen LogP contribution in [0.2, 0.25) is 0 Å². The van der Waals surface area contributed by atoms with Gasteiger partial charge in [0, 0.05) is 36.7 Å². The number of rotatable bonds is 3. The molecule has 2 amide bonds. The van der Waals surface area contributed by atoms with E-state index in [1.54, 1.807) is 4.90 Å². The molecule has 2 aromatic rings. The minimum Gasteiger partial charge on any atom is -0.361 e. The molecule has 0 spiro atoms. The third kappa shape index (κ3) is 3.08. The second-order valence-corrected chi connectivity index (χ2v) is 7.42. The average molecular weight is 357 g/mol. The quantitative estimate of drug-likeness (QED) is 0.918. The molecule has 2 aliphatic rings. The number of hydrogen-bond donors (Lipinski definition) is 1. The molecule has 1 unspecified atom stereocenters. The average Bonchev–Trinajstić information content (AvgIpc) is 3.32. The molecule has 138 valence electrons. The number of halogens is 1. The molecule has 0 saturated carbocycles. The number of carbonyl (C=O) groups is 2. The van der Waals surface area contributed by atoms with Gasteiger partial charge in [-0.25, -0.2) is 4.39 Å². The Morgan fingerprint density at radius 3 is 2.62 bits per heavy atom. The van der Waals surface area contributed by atoms with Gasteiger partial charge >= 0.3 is 0 Å². The molecule has 1 atom stereocenters. The zero-order valence-electron chi connectivity index (χ0n) is 14.8. The Morgan fingerprint density at radius 2 is 1.81 bits per heavy atom. The molecule has 4 rings (SSSR count). The number of benzene rings is 1. The largest absolute Gasteiger partial charge is 0.361 e. The normalized spacial score (nSPS) is 23.6. The van der Waals surface area contributed by atoms with E-state index in [-0.39, 0.29) is 25.3 Å². The van der Waals surface area contributed by atoms with Crippen LogP contribution in [0.25, 0.3) is 10.9 Å². The maximum absolute atomic E-state index is 15.4. The van der Waals surface area contributed by atoms with Gasteiger partial charge in [0.1, 0.15) is 0 Å². The molecule has 1 N–H and O–H groups in total. The second-order valence-electron chi connectivity index (χ2n) is 7.42.